The number of thioether (sulfide) groups is 1. The van der Waals surface area contributed by atoms with Crippen molar-refractivity contribution in [2.75, 3.05) is 18.8 Å². The highest BCUT2D eigenvalue weighted by Crippen LogP contribution is 2.46. The van der Waals surface area contributed by atoms with Crippen molar-refractivity contribution in [2.24, 2.45) is 0 Å². The van der Waals surface area contributed by atoms with Crippen molar-refractivity contribution in [1.29, 1.82) is 0 Å². The maximum atomic E-state index is 2.65. The third-order valence-electron chi connectivity index (χ3n) is 3.27. The van der Waals surface area contributed by atoms with Crippen LogP contribution in [0, 0.1) is 0 Å². The molecule has 0 aromatic rings. The number of hydrogen-bond donors (Lipinski definition) is 0. The Morgan fingerprint density at radius 3 is 2.58 bits per heavy atom. The molecular weight excluding hydrogens is 166 g/mol. The Hall–Kier alpha value is 0.310. The van der Waals surface area contributed by atoms with Crippen LogP contribution in [0.25, 0.3) is 0 Å². The zero-order valence-corrected chi connectivity index (χ0v) is 8.99. The molecule has 0 unspecified atom stereocenters. The van der Waals surface area contributed by atoms with E-state index in [0.29, 0.717) is 4.75 Å². The van der Waals surface area contributed by atoms with Gasteiger partial charge in [0.25, 0.3) is 0 Å². The Morgan fingerprint density at radius 2 is 2.08 bits per heavy atom. The highest BCUT2D eigenvalue weighted by Gasteiger charge is 2.41. The molecule has 1 spiro atoms. The van der Waals surface area contributed by atoms with Crippen LogP contribution in [-0.4, -0.2) is 34.5 Å². The second-order valence-electron chi connectivity index (χ2n) is 4.45. The third-order valence-corrected chi connectivity index (χ3v) is 4.81. The monoisotopic (exact) mass is 185 g/mol. The molecule has 2 rings (SSSR count). The lowest BCUT2D eigenvalue weighted by molar-refractivity contribution is 0.166. The fourth-order valence-corrected chi connectivity index (χ4v) is 3.78. The van der Waals surface area contributed by atoms with E-state index in [9.17, 15) is 0 Å². The number of hydrogen-bond acceptors (Lipinski definition) is 2. The Balaban J connectivity index is 1.94. The first kappa shape index (κ1) is 8.89. The van der Waals surface area contributed by atoms with Crippen LogP contribution >= 0.6 is 11.8 Å². The molecule has 0 atom stereocenters. The molecule has 70 valence electrons. The molecule has 1 aliphatic heterocycles. The average molecular weight is 185 g/mol. The van der Waals surface area contributed by atoms with Gasteiger partial charge in [-0.15, -0.1) is 0 Å². The molecule has 0 aromatic carbocycles. The molecule has 1 heterocycles. The van der Waals surface area contributed by atoms with E-state index in [2.05, 4.69) is 30.5 Å². The summed E-state index contributed by atoms with van der Waals surface area (Å²) in [5, 5.41) is 0. The normalized spacial score (nSPS) is 29.2. The lowest BCUT2D eigenvalue weighted by atomic mass is 9.83. The first-order valence-electron chi connectivity index (χ1n) is 5.10. The van der Waals surface area contributed by atoms with E-state index < -0.39 is 0 Å². The predicted octanol–water partition coefficient (Wildman–Crippen LogP) is 2.37. The highest BCUT2D eigenvalue weighted by atomic mass is 32.2. The van der Waals surface area contributed by atoms with E-state index in [4.69, 9.17) is 0 Å². The van der Waals surface area contributed by atoms with Crippen molar-refractivity contribution >= 4 is 11.8 Å². The summed E-state index contributed by atoms with van der Waals surface area (Å²) >= 11 is 2.23. The topological polar surface area (TPSA) is 3.24 Å². The first-order chi connectivity index (χ1) is 5.72. The summed E-state index contributed by atoms with van der Waals surface area (Å²) < 4.78 is 0.697. The van der Waals surface area contributed by atoms with Gasteiger partial charge in [-0.05, 0) is 26.7 Å². The van der Waals surface area contributed by atoms with E-state index >= 15 is 0 Å². The predicted molar refractivity (Wildman–Crippen MR) is 55.7 cm³/mol. The van der Waals surface area contributed by atoms with E-state index in [-0.39, 0.29) is 0 Å². The van der Waals surface area contributed by atoms with Crippen molar-refractivity contribution in [1.82, 2.24) is 4.90 Å². The van der Waals surface area contributed by atoms with Gasteiger partial charge < -0.3 is 0 Å². The summed E-state index contributed by atoms with van der Waals surface area (Å²) in [4.78, 5) is 2.65. The van der Waals surface area contributed by atoms with E-state index in [1.54, 1.807) is 0 Å². The van der Waals surface area contributed by atoms with Gasteiger partial charge in [0.1, 0.15) is 0 Å². The number of rotatable bonds is 1. The van der Waals surface area contributed by atoms with Gasteiger partial charge in [-0.25, -0.2) is 0 Å². The summed E-state index contributed by atoms with van der Waals surface area (Å²) in [6.45, 7) is 7.31. The van der Waals surface area contributed by atoms with Crippen LogP contribution in [-0.2, 0) is 0 Å². The van der Waals surface area contributed by atoms with Crippen LogP contribution in [0.3, 0.4) is 0 Å². The summed E-state index contributed by atoms with van der Waals surface area (Å²) in [6.07, 6.45) is 4.42. The standard InChI is InChI=1S/C10H19NS/c1-9(2)11-6-7-12-10(8-11)4-3-5-10/h9H,3-8H2,1-2H3. The van der Waals surface area contributed by atoms with Crippen molar-refractivity contribution in [3.05, 3.63) is 0 Å². The maximum absolute atomic E-state index is 2.65. The number of nitrogens with zero attached hydrogens (tertiary/aromatic N) is 1. The minimum absolute atomic E-state index is 0.697. The quantitative estimate of drug-likeness (QED) is 0.617. The molecule has 0 N–H and O–H groups in total. The van der Waals surface area contributed by atoms with Gasteiger partial charge in [0.05, 0.1) is 0 Å². The molecule has 12 heavy (non-hydrogen) atoms. The highest BCUT2D eigenvalue weighted by molar-refractivity contribution is 8.00. The summed E-state index contributed by atoms with van der Waals surface area (Å²) in [6, 6.07) is 0.753. The summed E-state index contributed by atoms with van der Waals surface area (Å²) in [7, 11) is 0. The second-order valence-corrected chi connectivity index (χ2v) is 6.01. The van der Waals surface area contributed by atoms with E-state index in [1.165, 1.54) is 38.1 Å². The van der Waals surface area contributed by atoms with Gasteiger partial charge in [0.2, 0.25) is 0 Å². The smallest absolute Gasteiger partial charge is 0.0287 e. The lowest BCUT2D eigenvalue weighted by Gasteiger charge is -2.49. The second kappa shape index (κ2) is 3.22. The van der Waals surface area contributed by atoms with Gasteiger partial charge in [0.15, 0.2) is 0 Å². The van der Waals surface area contributed by atoms with Crippen LogP contribution < -0.4 is 0 Å². The average Bonchev–Trinajstić information content (AvgIpc) is 2.02. The summed E-state index contributed by atoms with van der Waals surface area (Å²) in [5.41, 5.74) is 0. The molecule has 0 aromatic heterocycles. The Labute approximate surface area is 79.9 Å². The lowest BCUT2D eigenvalue weighted by Crippen LogP contribution is -2.52. The van der Waals surface area contributed by atoms with Crippen molar-refractivity contribution in [3.8, 4) is 0 Å². The van der Waals surface area contributed by atoms with Crippen LogP contribution in [0.5, 0.6) is 0 Å². The fraction of sp³-hybridized carbons (Fsp3) is 1.00. The molecule has 0 bridgehead atoms. The zero-order valence-electron chi connectivity index (χ0n) is 8.18. The van der Waals surface area contributed by atoms with E-state index in [1.807, 2.05) is 0 Å². The molecule has 1 saturated heterocycles. The Morgan fingerprint density at radius 1 is 1.33 bits per heavy atom. The molecule has 1 saturated carbocycles. The van der Waals surface area contributed by atoms with Crippen LogP contribution in [0.15, 0.2) is 0 Å². The zero-order chi connectivity index (χ0) is 8.60. The van der Waals surface area contributed by atoms with Crippen molar-refractivity contribution < 1.29 is 0 Å². The molecular formula is C10H19NS. The Kier molecular flexibility index (Phi) is 2.39. The van der Waals surface area contributed by atoms with Crippen LogP contribution in [0.2, 0.25) is 0 Å². The van der Waals surface area contributed by atoms with Crippen molar-refractivity contribution in [2.45, 2.75) is 43.9 Å². The molecule has 2 fully saturated rings. The SMILES string of the molecule is CC(C)N1CCSC2(CCC2)C1. The van der Waals surface area contributed by atoms with E-state index in [0.717, 1.165) is 6.04 Å². The minimum atomic E-state index is 0.697. The van der Waals surface area contributed by atoms with Gasteiger partial charge in [-0.2, -0.15) is 11.8 Å². The maximum Gasteiger partial charge on any atom is 0.0287 e. The van der Waals surface area contributed by atoms with Gasteiger partial charge in [0, 0.05) is 29.6 Å². The molecule has 1 nitrogen and oxygen atoms in total. The largest absolute Gasteiger partial charge is 0.299 e. The first-order valence-corrected chi connectivity index (χ1v) is 6.08. The molecule has 2 aliphatic rings. The van der Waals surface area contributed by atoms with Crippen LogP contribution in [0.4, 0.5) is 0 Å². The fourth-order valence-electron chi connectivity index (χ4n) is 2.19. The minimum Gasteiger partial charge on any atom is -0.299 e. The Bertz CT molecular complexity index is 163. The van der Waals surface area contributed by atoms with Crippen molar-refractivity contribution in [3.63, 3.8) is 0 Å². The molecule has 1 aliphatic carbocycles. The molecule has 0 radical (unpaired) electrons. The van der Waals surface area contributed by atoms with Crippen LogP contribution in [0.1, 0.15) is 33.1 Å². The van der Waals surface area contributed by atoms with Gasteiger partial charge in [-0.1, -0.05) is 6.42 Å². The van der Waals surface area contributed by atoms with Gasteiger partial charge in [-0.3, -0.25) is 4.90 Å². The third kappa shape index (κ3) is 1.51. The molecule has 2 heteroatoms. The summed E-state index contributed by atoms with van der Waals surface area (Å²) in [5.74, 6) is 1.36. The van der Waals surface area contributed by atoms with Gasteiger partial charge >= 0.3 is 0 Å². The molecule has 0 amide bonds.